The molecule has 2 heterocycles. The molecular formula is C48H84O15. The van der Waals surface area contributed by atoms with Crippen LogP contribution in [0.4, 0.5) is 0 Å². The van der Waals surface area contributed by atoms with E-state index in [9.17, 15) is 45.3 Å². The van der Waals surface area contributed by atoms with E-state index in [0.717, 1.165) is 64.2 Å². The van der Waals surface area contributed by atoms with Gasteiger partial charge in [-0.3, -0.25) is 9.59 Å². The van der Waals surface area contributed by atoms with E-state index in [1.54, 1.807) is 0 Å². The average molecular weight is 901 g/mol. The number of hydrogen-bond acceptors (Lipinski definition) is 15. The summed E-state index contributed by atoms with van der Waals surface area (Å²) in [5.74, 6) is -0.976. The van der Waals surface area contributed by atoms with Crippen LogP contribution in [0.2, 0.25) is 0 Å². The minimum atomic E-state index is -1.77. The lowest BCUT2D eigenvalue weighted by Crippen LogP contribution is -2.61. The van der Waals surface area contributed by atoms with E-state index in [4.69, 9.17) is 28.4 Å². The average Bonchev–Trinajstić information content (AvgIpc) is 3.28. The van der Waals surface area contributed by atoms with E-state index in [1.807, 2.05) is 0 Å². The number of carbonyl (C=O) groups is 2. The van der Waals surface area contributed by atoms with Crippen molar-refractivity contribution in [1.82, 2.24) is 0 Å². The fraction of sp³-hybridized carbons (Fsp3) is 0.833. The molecule has 15 nitrogen and oxygen atoms in total. The van der Waals surface area contributed by atoms with Gasteiger partial charge in [0.2, 0.25) is 0 Å². The van der Waals surface area contributed by atoms with Crippen molar-refractivity contribution < 1.29 is 73.8 Å². The summed E-state index contributed by atoms with van der Waals surface area (Å²) in [4.78, 5) is 25.6. The van der Waals surface area contributed by atoms with Crippen LogP contribution in [-0.2, 0) is 38.0 Å². The molecule has 0 aromatic carbocycles. The number of rotatable bonds is 36. The summed E-state index contributed by atoms with van der Waals surface area (Å²) in [7, 11) is 0. The normalized spacial score (nSPS) is 27.1. The van der Waals surface area contributed by atoms with Crippen molar-refractivity contribution in [2.24, 2.45) is 0 Å². The molecule has 0 saturated carbocycles. The van der Waals surface area contributed by atoms with Crippen LogP contribution in [-0.4, -0.2) is 142 Å². The summed E-state index contributed by atoms with van der Waals surface area (Å²) in [5.41, 5.74) is 0. The molecule has 7 N–H and O–H groups in total. The second-order valence-electron chi connectivity index (χ2n) is 16.9. The summed E-state index contributed by atoms with van der Waals surface area (Å²) in [5, 5.41) is 71.9. The number of aliphatic hydroxyl groups excluding tert-OH is 7. The third kappa shape index (κ3) is 24.7. The van der Waals surface area contributed by atoms with Gasteiger partial charge in [-0.25, -0.2) is 0 Å². The summed E-state index contributed by atoms with van der Waals surface area (Å²) in [6.45, 7) is 2.49. The zero-order valence-corrected chi connectivity index (χ0v) is 38.3. The van der Waals surface area contributed by atoms with Gasteiger partial charge in [0.25, 0.3) is 0 Å². The van der Waals surface area contributed by atoms with E-state index in [1.165, 1.54) is 57.8 Å². The van der Waals surface area contributed by atoms with Crippen LogP contribution in [0.25, 0.3) is 0 Å². The smallest absolute Gasteiger partial charge is 0.306 e. The SMILES string of the molecule is CCCCC/C=C/CCCCCCCC(=O)O[C@H](COC(=O)CCCC/C=C/C/C=C/CCCCCCCC)CO[C@@H]1O[C@H](CO[C@@H]2O[C@H](CO)[C@H](O)C(O)C2O)[C@H](O)C(O)C1O. The van der Waals surface area contributed by atoms with Crippen molar-refractivity contribution >= 4 is 11.9 Å². The van der Waals surface area contributed by atoms with E-state index >= 15 is 0 Å². The number of ether oxygens (including phenoxy) is 6. The monoisotopic (exact) mass is 901 g/mol. The Hall–Kier alpha value is -2.28. The van der Waals surface area contributed by atoms with Gasteiger partial charge < -0.3 is 64.2 Å². The summed E-state index contributed by atoms with van der Waals surface area (Å²) in [6.07, 6.45) is 19.0. The number of esters is 2. The number of aliphatic hydroxyl groups is 7. The van der Waals surface area contributed by atoms with Crippen LogP contribution in [0.3, 0.4) is 0 Å². The van der Waals surface area contributed by atoms with E-state index in [0.29, 0.717) is 12.8 Å². The molecule has 0 aliphatic carbocycles. The predicted octanol–water partition coefficient (Wildman–Crippen LogP) is 5.76. The first-order chi connectivity index (χ1) is 30.5. The van der Waals surface area contributed by atoms with Gasteiger partial charge in [-0.05, 0) is 70.6 Å². The molecule has 0 bridgehead atoms. The van der Waals surface area contributed by atoms with Gasteiger partial charge in [-0.2, -0.15) is 0 Å². The first kappa shape index (κ1) is 56.8. The van der Waals surface area contributed by atoms with Crippen molar-refractivity contribution in [3.05, 3.63) is 36.5 Å². The molecule has 2 fully saturated rings. The Kier molecular flexibility index (Phi) is 32.4. The molecule has 0 radical (unpaired) electrons. The molecule has 2 aliphatic rings. The maximum Gasteiger partial charge on any atom is 0.306 e. The molecule has 366 valence electrons. The molecular weight excluding hydrogens is 817 g/mol. The summed E-state index contributed by atoms with van der Waals surface area (Å²) < 4.78 is 33.4. The molecule has 2 rings (SSSR count). The predicted molar refractivity (Wildman–Crippen MR) is 238 cm³/mol. The number of hydrogen-bond donors (Lipinski definition) is 7. The van der Waals surface area contributed by atoms with Crippen molar-refractivity contribution in [3.63, 3.8) is 0 Å². The van der Waals surface area contributed by atoms with Gasteiger partial charge in [-0.1, -0.05) is 115 Å². The first-order valence-corrected chi connectivity index (χ1v) is 24.1. The number of unbranched alkanes of at least 4 members (excludes halogenated alkanes) is 16. The van der Waals surface area contributed by atoms with Gasteiger partial charge in [-0.15, -0.1) is 0 Å². The van der Waals surface area contributed by atoms with Crippen LogP contribution in [0.1, 0.15) is 162 Å². The topological polar surface area (TPSA) is 231 Å². The zero-order valence-electron chi connectivity index (χ0n) is 38.3. The Bertz CT molecular complexity index is 1240. The molecule has 4 unspecified atom stereocenters. The zero-order chi connectivity index (χ0) is 46.1. The molecule has 2 saturated heterocycles. The fourth-order valence-electron chi connectivity index (χ4n) is 7.30. The van der Waals surface area contributed by atoms with Gasteiger partial charge in [0.1, 0.15) is 55.4 Å². The lowest BCUT2D eigenvalue weighted by atomic mass is 9.98. The number of allylic oxidation sites excluding steroid dienone is 6. The molecule has 2 aliphatic heterocycles. The Balaban J connectivity index is 1.86. The Morgan fingerprint density at radius 2 is 0.952 bits per heavy atom. The fourth-order valence-corrected chi connectivity index (χ4v) is 7.30. The van der Waals surface area contributed by atoms with Crippen LogP contribution >= 0.6 is 0 Å². The summed E-state index contributed by atoms with van der Waals surface area (Å²) in [6, 6.07) is 0. The maximum atomic E-state index is 12.9. The van der Waals surface area contributed by atoms with Crippen molar-refractivity contribution in [2.75, 3.05) is 26.4 Å². The van der Waals surface area contributed by atoms with Crippen LogP contribution in [0.15, 0.2) is 36.5 Å². The van der Waals surface area contributed by atoms with E-state index in [2.05, 4.69) is 50.3 Å². The highest BCUT2D eigenvalue weighted by Crippen LogP contribution is 2.26. The van der Waals surface area contributed by atoms with Crippen LogP contribution < -0.4 is 0 Å². The molecule has 11 atom stereocenters. The van der Waals surface area contributed by atoms with Crippen molar-refractivity contribution in [2.45, 2.75) is 229 Å². The molecule has 0 aromatic rings. The molecule has 0 amide bonds. The second kappa shape index (κ2) is 35.9. The van der Waals surface area contributed by atoms with E-state index < -0.39 is 99.3 Å². The standard InChI is InChI=1S/C48H84O15/c1-3-5-7-9-11-13-15-17-18-19-21-22-24-26-28-30-39(50)58-33-36(61-40(51)31-29-27-25-23-20-16-14-12-10-8-6-4-2)34-59-47-46(57)44(55)42(53)38(63-47)35-60-48-45(56)43(54)41(52)37(32-49)62-48/h12,14,17-18,21-22,36-38,41-49,52-57H,3-11,13,15-16,19-20,23-35H2,1-2H3/b14-12+,18-17+,22-21+/t36-,37-,38-,41+,42+,43?,44?,45?,46?,47-,48-/m1/s1. The third-order valence-corrected chi connectivity index (χ3v) is 11.3. The molecule has 0 aromatic heterocycles. The molecule has 63 heavy (non-hydrogen) atoms. The van der Waals surface area contributed by atoms with Crippen molar-refractivity contribution in [1.29, 1.82) is 0 Å². The highest BCUT2D eigenvalue weighted by Gasteiger charge is 2.47. The van der Waals surface area contributed by atoms with Crippen LogP contribution in [0.5, 0.6) is 0 Å². The highest BCUT2D eigenvalue weighted by molar-refractivity contribution is 5.70. The molecule has 15 heteroatoms. The summed E-state index contributed by atoms with van der Waals surface area (Å²) >= 11 is 0. The maximum absolute atomic E-state index is 12.9. The highest BCUT2D eigenvalue weighted by atomic mass is 16.7. The Morgan fingerprint density at radius 1 is 0.508 bits per heavy atom. The van der Waals surface area contributed by atoms with Gasteiger partial charge >= 0.3 is 11.9 Å². The Morgan fingerprint density at radius 3 is 1.56 bits per heavy atom. The largest absolute Gasteiger partial charge is 0.462 e. The number of carbonyl (C=O) groups excluding carboxylic acids is 2. The van der Waals surface area contributed by atoms with Crippen molar-refractivity contribution in [3.8, 4) is 0 Å². The third-order valence-electron chi connectivity index (χ3n) is 11.3. The first-order valence-electron chi connectivity index (χ1n) is 24.1. The Labute approximate surface area is 376 Å². The molecule has 0 spiro atoms. The minimum absolute atomic E-state index is 0.148. The second-order valence-corrected chi connectivity index (χ2v) is 16.9. The lowest BCUT2D eigenvalue weighted by Gasteiger charge is -2.42. The van der Waals surface area contributed by atoms with Crippen LogP contribution in [0, 0.1) is 0 Å². The quantitative estimate of drug-likeness (QED) is 0.0225. The van der Waals surface area contributed by atoms with Gasteiger partial charge in [0.15, 0.2) is 18.7 Å². The van der Waals surface area contributed by atoms with E-state index in [-0.39, 0.29) is 19.4 Å². The minimum Gasteiger partial charge on any atom is -0.462 e. The van der Waals surface area contributed by atoms with Gasteiger partial charge in [0, 0.05) is 12.8 Å². The lowest BCUT2D eigenvalue weighted by molar-refractivity contribution is -0.332. The van der Waals surface area contributed by atoms with Gasteiger partial charge in [0.05, 0.1) is 19.8 Å².